The molecule has 0 radical (unpaired) electrons. The van der Waals surface area contributed by atoms with Crippen molar-refractivity contribution < 1.29 is 4.74 Å². The second-order valence-corrected chi connectivity index (χ2v) is 7.09. The van der Waals surface area contributed by atoms with Crippen LogP contribution in [0.4, 0.5) is 5.69 Å². The Bertz CT molecular complexity index is 673. The van der Waals surface area contributed by atoms with Gasteiger partial charge in [-0.05, 0) is 68.5 Å². The van der Waals surface area contributed by atoms with E-state index < -0.39 is 0 Å². The molecule has 2 aromatic rings. The van der Waals surface area contributed by atoms with Crippen LogP contribution in [0, 0.1) is 13.8 Å². The summed E-state index contributed by atoms with van der Waals surface area (Å²) in [7, 11) is 0. The van der Waals surface area contributed by atoms with Gasteiger partial charge in [-0.15, -0.1) is 0 Å². The number of hydrogen-bond donors (Lipinski definition) is 1. The second-order valence-electron chi connectivity index (χ2n) is 7.09. The molecule has 1 fully saturated rings. The lowest BCUT2D eigenvalue weighted by Gasteiger charge is -2.33. The predicted octanol–water partition coefficient (Wildman–Crippen LogP) is 4.78. The number of hydrogen-bond acceptors (Lipinski definition) is 3. The minimum absolute atomic E-state index is 0.581. The Kier molecular flexibility index (Phi) is 5.98. The Morgan fingerprint density at radius 3 is 2.44 bits per heavy atom. The zero-order chi connectivity index (χ0) is 17.6. The molecule has 3 rings (SSSR count). The van der Waals surface area contributed by atoms with Crippen molar-refractivity contribution in [3.05, 3.63) is 59.2 Å². The summed E-state index contributed by atoms with van der Waals surface area (Å²) in [6, 6.07) is 15.8. The number of aryl methyl sites for hydroxylation is 2. The van der Waals surface area contributed by atoms with Gasteiger partial charge in [0.1, 0.15) is 5.75 Å². The fourth-order valence-electron chi connectivity index (χ4n) is 3.46. The third-order valence-electron chi connectivity index (χ3n) is 4.98. The van der Waals surface area contributed by atoms with E-state index in [0.717, 1.165) is 32.0 Å². The molecule has 0 atom stereocenters. The molecular formula is C22H30N2O. The first kappa shape index (κ1) is 17.8. The summed E-state index contributed by atoms with van der Waals surface area (Å²) in [5.41, 5.74) is 5.32. The van der Waals surface area contributed by atoms with Gasteiger partial charge in [0, 0.05) is 31.4 Å². The van der Waals surface area contributed by atoms with E-state index in [1.165, 1.54) is 35.2 Å². The number of benzene rings is 2. The Hall–Kier alpha value is -2.00. The third kappa shape index (κ3) is 4.99. The highest BCUT2D eigenvalue weighted by Gasteiger charge is 2.19. The molecule has 1 saturated heterocycles. The molecule has 2 aromatic carbocycles. The van der Waals surface area contributed by atoms with E-state index in [2.05, 4.69) is 66.5 Å². The van der Waals surface area contributed by atoms with Gasteiger partial charge >= 0.3 is 0 Å². The van der Waals surface area contributed by atoms with E-state index in [-0.39, 0.29) is 0 Å². The molecule has 3 nitrogen and oxygen atoms in total. The van der Waals surface area contributed by atoms with Crippen LogP contribution in [-0.4, -0.2) is 30.6 Å². The number of anilines is 1. The maximum absolute atomic E-state index is 5.52. The maximum atomic E-state index is 5.52. The molecule has 0 unspecified atom stereocenters. The highest BCUT2D eigenvalue weighted by molar-refractivity contribution is 5.53. The van der Waals surface area contributed by atoms with E-state index >= 15 is 0 Å². The van der Waals surface area contributed by atoms with Crippen molar-refractivity contribution >= 4 is 5.69 Å². The van der Waals surface area contributed by atoms with Crippen LogP contribution in [0.2, 0.25) is 0 Å². The van der Waals surface area contributed by atoms with Crippen molar-refractivity contribution in [3.8, 4) is 5.75 Å². The smallest absolute Gasteiger partial charge is 0.119 e. The molecule has 3 heteroatoms. The first-order chi connectivity index (χ1) is 12.1. The quantitative estimate of drug-likeness (QED) is 0.820. The van der Waals surface area contributed by atoms with E-state index in [1.807, 2.05) is 6.92 Å². The Morgan fingerprint density at radius 2 is 1.76 bits per heavy atom. The van der Waals surface area contributed by atoms with Crippen molar-refractivity contribution in [2.75, 3.05) is 25.0 Å². The summed E-state index contributed by atoms with van der Waals surface area (Å²) in [5, 5.41) is 3.75. The van der Waals surface area contributed by atoms with Crippen molar-refractivity contribution in [3.63, 3.8) is 0 Å². The molecule has 0 saturated carbocycles. The number of rotatable bonds is 6. The van der Waals surface area contributed by atoms with Gasteiger partial charge in [-0.2, -0.15) is 0 Å². The molecule has 1 N–H and O–H groups in total. The minimum atomic E-state index is 0.581. The average molecular weight is 338 g/mol. The highest BCUT2D eigenvalue weighted by atomic mass is 16.5. The summed E-state index contributed by atoms with van der Waals surface area (Å²) >= 11 is 0. The molecule has 0 aromatic heterocycles. The van der Waals surface area contributed by atoms with Gasteiger partial charge in [0.15, 0.2) is 0 Å². The second kappa shape index (κ2) is 8.39. The molecule has 134 valence electrons. The molecule has 1 heterocycles. The van der Waals surface area contributed by atoms with Gasteiger partial charge in [0.05, 0.1) is 6.61 Å². The number of nitrogens with one attached hydrogen (secondary N) is 1. The average Bonchev–Trinajstić information content (AvgIpc) is 2.62. The van der Waals surface area contributed by atoms with Gasteiger partial charge in [-0.3, -0.25) is 4.90 Å². The summed E-state index contributed by atoms with van der Waals surface area (Å²) in [5.74, 6) is 0.961. The zero-order valence-electron chi connectivity index (χ0n) is 15.7. The van der Waals surface area contributed by atoms with Crippen molar-refractivity contribution in [1.82, 2.24) is 4.90 Å². The molecule has 0 bridgehead atoms. The third-order valence-corrected chi connectivity index (χ3v) is 4.98. The van der Waals surface area contributed by atoms with Crippen LogP contribution >= 0.6 is 0 Å². The van der Waals surface area contributed by atoms with Crippen molar-refractivity contribution in [2.45, 2.75) is 46.2 Å². The Balaban J connectivity index is 1.49. The summed E-state index contributed by atoms with van der Waals surface area (Å²) in [4.78, 5) is 2.55. The molecule has 1 aliphatic heterocycles. The number of nitrogens with zero attached hydrogens (tertiary/aromatic N) is 1. The largest absolute Gasteiger partial charge is 0.494 e. The van der Waals surface area contributed by atoms with Crippen LogP contribution in [0.15, 0.2) is 42.5 Å². The van der Waals surface area contributed by atoms with E-state index in [1.54, 1.807) is 0 Å². The van der Waals surface area contributed by atoms with Gasteiger partial charge in [0.2, 0.25) is 0 Å². The van der Waals surface area contributed by atoms with Crippen LogP contribution in [-0.2, 0) is 6.54 Å². The number of likely N-dealkylation sites (tertiary alicyclic amines) is 1. The molecular weight excluding hydrogens is 308 g/mol. The minimum Gasteiger partial charge on any atom is -0.494 e. The molecule has 0 spiro atoms. The lowest BCUT2D eigenvalue weighted by atomic mass is 10.0. The lowest BCUT2D eigenvalue weighted by Crippen LogP contribution is -2.38. The monoisotopic (exact) mass is 338 g/mol. The summed E-state index contributed by atoms with van der Waals surface area (Å²) in [6.45, 7) is 10.4. The molecule has 25 heavy (non-hydrogen) atoms. The van der Waals surface area contributed by atoms with Crippen molar-refractivity contribution in [1.29, 1.82) is 0 Å². The number of piperidine rings is 1. The normalized spacial score (nSPS) is 16.0. The first-order valence-corrected chi connectivity index (χ1v) is 9.42. The topological polar surface area (TPSA) is 24.5 Å². The van der Waals surface area contributed by atoms with Gasteiger partial charge in [-0.25, -0.2) is 0 Å². The fraction of sp³-hybridized carbons (Fsp3) is 0.455. The fourth-order valence-corrected chi connectivity index (χ4v) is 3.46. The predicted molar refractivity (Wildman–Crippen MR) is 105 cm³/mol. The van der Waals surface area contributed by atoms with Crippen LogP contribution in [0.5, 0.6) is 5.75 Å². The lowest BCUT2D eigenvalue weighted by molar-refractivity contribution is 0.211. The standard InChI is InChI=1S/C22H30N2O/c1-4-25-21-9-7-19(8-10-21)16-24-13-11-20(12-14-24)23-22-15-17(2)5-6-18(22)3/h5-10,15,20,23H,4,11-14,16H2,1-3H3. The van der Waals surface area contributed by atoms with Crippen LogP contribution in [0.1, 0.15) is 36.5 Å². The van der Waals surface area contributed by atoms with E-state index in [0.29, 0.717) is 6.04 Å². The van der Waals surface area contributed by atoms with Gasteiger partial charge in [-0.1, -0.05) is 24.3 Å². The van der Waals surface area contributed by atoms with Gasteiger partial charge < -0.3 is 10.1 Å². The maximum Gasteiger partial charge on any atom is 0.119 e. The first-order valence-electron chi connectivity index (χ1n) is 9.42. The zero-order valence-corrected chi connectivity index (χ0v) is 15.7. The van der Waals surface area contributed by atoms with Crippen molar-refractivity contribution in [2.24, 2.45) is 0 Å². The summed E-state index contributed by atoms with van der Waals surface area (Å²) in [6.07, 6.45) is 2.40. The SMILES string of the molecule is CCOc1ccc(CN2CCC(Nc3cc(C)ccc3C)CC2)cc1. The Labute approximate surface area is 152 Å². The highest BCUT2D eigenvalue weighted by Crippen LogP contribution is 2.22. The van der Waals surface area contributed by atoms with E-state index in [9.17, 15) is 0 Å². The van der Waals surface area contributed by atoms with E-state index in [4.69, 9.17) is 4.74 Å². The van der Waals surface area contributed by atoms with Crippen LogP contribution in [0.3, 0.4) is 0 Å². The number of ether oxygens (including phenoxy) is 1. The Morgan fingerprint density at radius 1 is 1.04 bits per heavy atom. The summed E-state index contributed by atoms with van der Waals surface area (Å²) < 4.78 is 5.52. The van der Waals surface area contributed by atoms with Crippen LogP contribution < -0.4 is 10.1 Å². The molecule has 0 aliphatic carbocycles. The molecule has 1 aliphatic rings. The van der Waals surface area contributed by atoms with Gasteiger partial charge in [0.25, 0.3) is 0 Å². The molecule has 0 amide bonds. The van der Waals surface area contributed by atoms with Crippen LogP contribution in [0.25, 0.3) is 0 Å².